The molecule has 8 heteroatoms. The second kappa shape index (κ2) is 9.14. The molecule has 2 fully saturated rings. The number of piperidine rings is 1. The van der Waals surface area contributed by atoms with Gasteiger partial charge in [-0.1, -0.05) is 6.07 Å². The number of benzene rings is 1. The number of aliphatic hydroxyl groups is 1. The Morgan fingerprint density at radius 3 is 2.53 bits per heavy atom. The summed E-state index contributed by atoms with van der Waals surface area (Å²) in [5.41, 5.74) is 0.254. The molecule has 2 atom stereocenters. The summed E-state index contributed by atoms with van der Waals surface area (Å²) in [6, 6.07) is 6.87. The molecule has 2 saturated heterocycles. The lowest BCUT2D eigenvalue weighted by Crippen LogP contribution is -2.55. The Hall–Kier alpha value is -2.45. The molecule has 2 amide bonds. The number of morpholine rings is 1. The fourth-order valence-electron chi connectivity index (χ4n) is 3.66. The Morgan fingerprint density at radius 2 is 1.87 bits per heavy atom. The van der Waals surface area contributed by atoms with E-state index in [2.05, 4.69) is 0 Å². The predicted molar refractivity (Wildman–Crippen MR) is 110 cm³/mol. The maximum atomic E-state index is 13.0. The van der Waals surface area contributed by atoms with Gasteiger partial charge in [-0.05, 0) is 58.2 Å². The molecule has 2 heterocycles. The largest absolute Gasteiger partial charge is 0.458 e. The van der Waals surface area contributed by atoms with Gasteiger partial charge in [0.15, 0.2) is 12.2 Å². The number of hydrogen-bond donors (Lipinski definition) is 1. The Labute approximate surface area is 176 Å². The summed E-state index contributed by atoms with van der Waals surface area (Å²) in [6.45, 7) is 6.93. The number of esters is 1. The smallest absolute Gasteiger partial charge is 0.338 e. The Bertz CT molecular complexity index is 797. The SMILES string of the molecule is CC(C)(C)OC(=O)C(O)C1OCCN(c2cccc(C(=O)N3CCCCC3)c2)C1=O. The molecule has 1 N–H and O–H groups in total. The second-order valence-electron chi connectivity index (χ2n) is 8.66. The van der Waals surface area contributed by atoms with Crippen LogP contribution in [0.1, 0.15) is 50.4 Å². The fraction of sp³-hybridized carbons (Fsp3) is 0.591. The number of likely N-dealkylation sites (tertiary alicyclic amines) is 1. The topological polar surface area (TPSA) is 96.4 Å². The number of nitrogens with zero attached hydrogens (tertiary/aromatic N) is 2. The zero-order valence-electron chi connectivity index (χ0n) is 17.8. The number of anilines is 1. The van der Waals surface area contributed by atoms with Gasteiger partial charge < -0.3 is 24.4 Å². The molecule has 0 radical (unpaired) electrons. The van der Waals surface area contributed by atoms with Crippen LogP contribution in [0.5, 0.6) is 0 Å². The lowest BCUT2D eigenvalue weighted by molar-refractivity contribution is -0.177. The molecule has 0 aromatic heterocycles. The molecule has 1 aromatic rings. The summed E-state index contributed by atoms with van der Waals surface area (Å²) < 4.78 is 10.6. The molecule has 2 unspecified atom stereocenters. The van der Waals surface area contributed by atoms with Crippen molar-refractivity contribution in [2.45, 2.75) is 57.8 Å². The van der Waals surface area contributed by atoms with Gasteiger partial charge in [-0.2, -0.15) is 0 Å². The van der Waals surface area contributed by atoms with Crippen molar-refractivity contribution >= 4 is 23.5 Å². The zero-order valence-corrected chi connectivity index (χ0v) is 17.8. The molecule has 8 nitrogen and oxygen atoms in total. The standard InChI is InChI=1S/C22H30N2O6/c1-22(2,3)30-21(28)17(25)18-20(27)24(12-13-29-18)16-9-7-8-15(14-16)19(26)23-10-5-4-6-11-23/h7-9,14,17-18,25H,4-6,10-13H2,1-3H3. The number of amides is 2. The lowest BCUT2D eigenvalue weighted by Gasteiger charge is -2.34. The number of carbonyl (C=O) groups is 3. The third-order valence-corrected chi connectivity index (χ3v) is 5.10. The van der Waals surface area contributed by atoms with Crippen LogP contribution in [0.4, 0.5) is 5.69 Å². The third kappa shape index (κ3) is 5.17. The van der Waals surface area contributed by atoms with Crippen molar-refractivity contribution < 1.29 is 29.0 Å². The van der Waals surface area contributed by atoms with Crippen LogP contribution in [0.3, 0.4) is 0 Å². The average Bonchev–Trinajstić information content (AvgIpc) is 2.72. The Morgan fingerprint density at radius 1 is 1.17 bits per heavy atom. The van der Waals surface area contributed by atoms with Gasteiger partial charge >= 0.3 is 5.97 Å². The monoisotopic (exact) mass is 418 g/mol. The minimum absolute atomic E-state index is 0.0531. The molecule has 2 aliphatic rings. The van der Waals surface area contributed by atoms with Crippen LogP contribution in [0, 0.1) is 0 Å². The summed E-state index contributed by atoms with van der Waals surface area (Å²) >= 11 is 0. The van der Waals surface area contributed by atoms with Crippen LogP contribution in [0.2, 0.25) is 0 Å². The van der Waals surface area contributed by atoms with Crippen LogP contribution in [0.25, 0.3) is 0 Å². The van der Waals surface area contributed by atoms with Crippen LogP contribution >= 0.6 is 0 Å². The molecular weight excluding hydrogens is 388 g/mol. The number of rotatable bonds is 4. The Balaban J connectivity index is 1.75. The highest BCUT2D eigenvalue weighted by Crippen LogP contribution is 2.24. The van der Waals surface area contributed by atoms with Crippen LogP contribution in [0.15, 0.2) is 24.3 Å². The van der Waals surface area contributed by atoms with E-state index in [4.69, 9.17) is 9.47 Å². The third-order valence-electron chi connectivity index (χ3n) is 5.10. The molecule has 3 rings (SSSR count). The van der Waals surface area contributed by atoms with Gasteiger partial charge in [0.2, 0.25) is 0 Å². The second-order valence-corrected chi connectivity index (χ2v) is 8.66. The summed E-state index contributed by atoms with van der Waals surface area (Å²) in [5.74, 6) is -1.50. The van der Waals surface area contributed by atoms with Crippen molar-refractivity contribution in [2.75, 3.05) is 31.1 Å². The first-order valence-corrected chi connectivity index (χ1v) is 10.4. The minimum Gasteiger partial charge on any atom is -0.458 e. The van der Waals surface area contributed by atoms with Crippen molar-refractivity contribution in [1.29, 1.82) is 0 Å². The van der Waals surface area contributed by atoms with Gasteiger partial charge in [-0.25, -0.2) is 4.79 Å². The number of ether oxygens (including phenoxy) is 2. The molecule has 2 aliphatic heterocycles. The highest BCUT2D eigenvalue weighted by atomic mass is 16.6. The van der Waals surface area contributed by atoms with Crippen LogP contribution in [-0.4, -0.2) is 71.8 Å². The number of carbonyl (C=O) groups excluding carboxylic acids is 3. The number of hydrogen-bond acceptors (Lipinski definition) is 6. The van der Waals surface area contributed by atoms with E-state index >= 15 is 0 Å². The van der Waals surface area contributed by atoms with Crippen molar-refractivity contribution in [3.05, 3.63) is 29.8 Å². The van der Waals surface area contributed by atoms with Crippen LogP contribution in [-0.2, 0) is 19.1 Å². The lowest BCUT2D eigenvalue weighted by atomic mass is 10.1. The minimum atomic E-state index is -1.72. The molecule has 1 aromatic carbocycles. The van der Waals surface area contributed by atoms with Crippen molar-refractivity contribution in [3.63, 3.8) is 0 Å². The van der Waals surface area contributed by atoms with Gasteiger partial charge in [0.05, 0.1) is 6.61 Å². The summed E-state index contributed by atoms with van der Waals surface area (Å²) in [4.78, 5) is 41.2. The van der Waals surface area contributed by atoms with Crippen LogP contribution < -0.4 is 4.90 Å². The fourth-order valence-corrected chi connectivity index (χ4v) is 3.66. The van der Waals surface area contributed by atoms with E-state index < -0.39 is 29.7 Å². The van der Waals surface area contributed by atoms with Gasteiger partial charge in [0, 0.05) is 30.9 Å². The maximum absolute atomic E-state index is 13.0. The van der Waals surface area contributed by atoms with E-state index in [1.165, 1.54) is 4.90 Å². The average molecular weight is 418 g/mol. The van der Waals surface area contributed by atoms with Crippen molar-refractivity contribution in [3.8, 4) is 0 Å². The van der Waals surface area contributed by atoms with E-state index in [-0.39, 0.29) is 19.1 Å². The summed E-state index contributed by atoms with van der Waals surface area (Å²) in [6.07, 6.45) is 0.0515. The van der Waals surface area contributed by atoms with Gasteiger partial charge in [0.1, 0.15) is 5.60 Å². The summed E-state index contributed by atoms with van der Waals surface area (Å²) in [7, 11) is 0. The maximum Gasteiger partial charge on any atom is 0.338 e. The highest BCUT2D eigenvalue weighted by Gasteiger charge is 2.41. The van der Waals surface area contributed by atoms with E-state index in [0.29, 0.717) is 11.3 Å². The first kappa shape index (κ1) is 22.2. The first-order chi connectivity index (χ1) is 14.2. The summed E-state index contributed by atoms with van der Waals surface area (Å²) in [5, 5.41) is 10.3. The van der Waals surface area contributed by atoms with Gasteiger partial charge in [-0.3, -0.25) is 9.59 Å². The first-order valence-electron chi connectivity index (χ1n) is 10.4. The normalized spacial score (nSPS) is 21.3. The molecule has 0 spiro atoms. The van der Waals surface area contributed by atoms with E-state index in [0.717, 1.165) is 32.4 Å². The highest BCUT2D eigenvalue weighted by molar-refractivity contribution is 6.02. The Kier molecular flexibility index (Phi) is 6.77. The molecule has 0 aliphatic carbocycles. The predicted octanol–water partition coefficient (Wildman–Crippen LogP) is 1.75. The van der Waals surface area contributed by atoms with Crippen molar-refractivity contribution in [1.82, 2.24) is 4.90 Å². The quantitative estimate of drug-likeness (QED) is 0.749. The van der Waals surface area contributed by atoms with E-state index in [1.807, 2.05) is 4.90 Å². The zero-order chi connectivity index (χ0) is 21.9. The van der Waals surface area contributed by atoms with Gasteiger partial charge in [-0.15, -0.1) is 0 Å². The molecule has 30 heavy (non-hydrogen) atoms. The van der Waals surface area contributed by atoms with Crippen molar-refractivity contribution in [2.24, 2.45) is 0 Å². The molecule has 0 bridgehead atoms. The van der Waals surface area contributed by atoms with E-state index in [9.17, 15) is 19.5 Å². The molecular formula is C22H30N2O6. The van der Waals surface area contributed by atoms with E-state index in [1.54, 1.807) is 45.0 Å². The van der Waals surface area contributed by atoms with Gasteiger partial charge in [0.25, 0.3) is 11.8 Å². The number of aliphatic hydroxyl groups excluding tert-OH is 1. The molecule has 164 valence electrons. The molecule has 0 saturated carbocycles.